The van der Waals surface area contributed by atoms with Crippen molar-refractivity contribution in [1.29, 1.82) is 0 Å². The maximum Gasteiger partial charge on any atom is 0.274 e. The van der Waals surface area contributed by atoms with Crippen LogP contribution in [0.15, 0.2) is 29.6 Å². The fourth-order valence-corrected chi connectivity index (χ4v) is 5.29. The fourth-order valence-electron chi connectivity index (χ4n) is 4.01. The molecule has 0 aliphatic heterocycles. The molecule has 1 amide bonds. The van der Waals surface area contributed by atoms with Gasteiger partial charge in [0, 0.05) is 34.3 Å². The van der Waals surface area contributed by atoms with Crippen molar-refractivity contribution >= 4 is 43.9 Å². The third kappa shape index (κ3) is 4.61. The Bertz CT molecular complexity index is 1320. The second kappa shape index (κ2) is 7.86. The number of H-pyrrole nitrogens is 1. The van der Waals surface area contributed by atoms with E-state index in [1.165, 1.54) is 11.3 Å². The predicted octanol–water partition coefficient (Wildman–Crippen LogP) is 4.23. The van der Waals surface area contributed by atoms with E-state index in [1.807, 2.05) is 19.2 Å². The number of nitrogens with zero attached hydrogens (tertiary/aromatic N) is 1. The number of carbonyl (C=O) groups is 2. The molecular weight excluding hydrogens is 448 g/mol. The summed E-state index contributed by atoms with van der Waals surface area (Å²) in [6.07, 6.45) is 2.28. The number of ketones is 1. The first-order valence-electron chi connectivity index (χ1n) is 10.0. The minimum Gasteiger partial charge on any atom is -0.354 e. The summed E-state index contributed by atoms with van der Waals surface area (Å²) in [5.74, 6) is -0.273. The van der Waals surface area contributed by atoms with E-state index in [1.54, 1.807) is 31.2 Å². The summed E-state index contributed by atoms with van der Waals surface area (Å²) in [5, 5.41) is 5.06. The summed E-state index contributed by atoms with van der Waals surface area (Å²) < 4.78 is 25.1. The van der Waals surface area contributed by atoms with Crippen LogP contribution in [0.1, 0.15) is 52.4 Å². The molecule has 0 saturated carbocycles. The fraction of sp³-hybridized carbons (Fsp3) is 0.318. The third-order valence-electron chi connectivity index (χ3n) is 5.34. The normalized spacial score (nSPS) is 15.3. The van der Waals surface area contributed by atoms with Gasteiger partial charge in [-0.3, -0.25) is 19.6 Å². The van der Waals surface area contributed by atoms with Crippen LogP contribution in [0.4, 0.5) is 10.8 Å². The maximum atomic E-state index is 12.9. The Morgan fingerprint density at radius 2 is 1.88 bits per heavy atom. The number of thiazole rings is 1. The predicted molar refractivity (Wildman–Crippen MR) is 126 cm³/mol. The minimum atomic E-state index is -3.34. The summed E-state index contributed by atoms with van der Waals surface area (Å²) in [7, 11) is -3.34. The van der Waals surface area contributed by atoms with Crippen LogP contribution in [0.5, 0.6) is 0 Å². The van der Waals surface area contributed by atoms with Gasteiger partial charge >= 0.3 is 0 Å². The summed E-state index contributed by atoms with van der Waals surface area (Å²) in [4.78, 5) is 33.1. The maximum absolute atomic E-state index is 12.9. The SMILES string of the molecule is Cc1c(C(=O)Nc2nc(-c3ccc(NS(C)(=O)=O)cc3)cs2)[nH]c2c1C(=O)CC(C)(C)C2. The molecule has 3 N–H and O–H groups in total. The monoisotopic (exact) mass is 472 g/mol. The topological polar surface area (TPSA) is 121 Å². The van der Waals surface area contributed by atoms with E-state index in [4.69, 9.17) is 0 Å². The van der Waals surface area contributed by atoms with Crippen LogP contribution in [0.25, 0.3) is 11.3 Å². The average Bonchev–Trinajstić information content (AvgIpc) is 3.24. The van der Waals surface area contributed by atoms with E-state index >= 15 is 0 Å². The molecule has 0 radical (unpaired) electrons. The van der Waals surface area contributed by atoms with Crippen LogP contribution < -0.4 is 10.0 Å². The molecule has 8 nitrogen and oxygen atoms in total. The lowest BCUT2D eigenvalue weighted by atomic mass is 9.75. The molecule has 2 heterocycles. The highest BCUT2D eigenvalue weighted by Crippen LogP contribution is 2.37. The molecule has 32 heavy (non-hydrogen) atoms. The van der Waals surface area contributed by atoms with Gasteiger partial charge in [-0.1, -0.05) is 26.0 Å². The van der Waals surface area contributed by atoms with Crippen molar-refractivity contribution in [2.45, 2.75) is 33.6 Å². The third-order valence-corrected chi connectivity index (χ3v) is 6.70. The average molecular weight is 473 g/mol. The zero-order valence-electron chi connectivity index (χ0n) is 18.2. The van der Waals surface area contributed by atoms with Crippen molar-refractivity contribution in [3.05, 3.63) is 52.2 Å². The molecule has 1 aromatic carbocycles. The number of anilines is 2. The number of amides is 1. The largest absolute Gasteiger partial charge is 0.354 e. The van der Waals surface area contributed by atoms with E-state index in [-0.39, 0.29) is 17.1 Å². The van der Waals surface area contributed by atoms with Crippen molar-refractivity contribution in [3.8, 4) is 11.3 Å². The zero-order valence-corrected chi connectivity index (χ0v) is 19.8. The molecule has 2 aromatic heterocycles. The molecule has 0 bridgehead atoms. The first kappa shape index (κ1) is 22.2. The Labute approximate surface area is 190 Å². The molecule has 3 aromatic rings. The molecule has 0 unspecified atom stereocenters. The molecule has 0 fully saturated rings. The first-order chi connectivity index (χ1) is 14.9. The van der Waals surface area contributed by atoms with Crippen molar-refractivity contribution < 1.29 is 18.0 Å². The Hall–Kier alpha value is -2.98. The number of aromatic nitrogens is 2. The highest BCUT2D eigenvalue weighted by atomic mass is 32.2. The lowest BCUT2D eigenvalue weighted by Gasteiger charge is -2.28. The molecule has 0 atom stereocenters. The van der Waals surface area contributed by atoms with Gasteiger partial charge in [0.1, 0.15) is 5.69 Å². The second-order valence-corrected chi connectivity index (χ2v) is 11.5. The Kier molecular flexibility index (Phi) is 5.46. The zero-order chi connectivity index (χ0) is 23.3. The van der Waals surface area contributed by atoms with Gasteiger partial charge in [-0.05, 0) is 36.5 Å². The van der Waals surface area contributed by atoms with E-state index < -0.39 is 10.0 Å². The van der Waals surface area contributed by atoms with Crippen LogP contribution in [-0.4, -0.2) is 36.3 Å². The Balaban J connectivity index is 1.51. The number of Topliss-reactive ketones (excluding diaryl/α,β-unsaturated/α-hetero) is 1. The number of fused-ring (bicyclic) bond motifs is 1. The van der Waals surface area contributed by atoms with E-state index in [0.29, 0.717) is 46.2 Å². The standard InChI is InChI=1S/C22H24N4O4S2/c1-12-18-15(9-22(2,3)10-17(18)27)23-19(12)20(28)25-21-24-16(11-31-21)13-5-7-14(8-6-13)26-32(4,29)30/h5-8,11,23,26H,9-10H2,1-4H3,(H,24,25,28). The molecule has 1 aliphatic carbocycles. The molecule has 4 rings (SSSR count). The number of sulfonamides is 1. The molecule has 168 valence electrons. The van der Waals surface area contributed by atoms with Crippen LogP contribution in [0.2, 0.25) is 0 Å². The number of nitrogens with one attached hydrogen (secondary N) is 3. The lowest BCUT2D eigenvalue weighted by molar-refractivity contribution is 0.0910. The summed E-state index contributed by atoms with van der Waals surface area (Å²) >= 11 is 1.29. The molecular formula is C22H24N4O4S2. The number of hydrogen-bond acceptors (Lipinski definition) is 6. The number of rotatable bonds is 5. The van der Waals surface area contributed by atoms with Gasteiger partial charge in [-0.25, -0.2) is 13.4 Å². The van der Waals surface area contributed by atoms with Crippen LogP contribution in [-0.2, 0) is 16.4 Å². The number of carbonyl (C=O) groups excluding carboxylic acids is 2. The quantitative estimate of drug-likeness (QED) is 0.513. The summed E-state index contributed by atoms with van der Waals surface area (Å²) in [5.41, 5.74) is 4.29. The van der Waals surface area contributed by atoms with Gasteiger partial charge in [-0.2, -0.15) is 0 Å². The molecule has 1 aliphatic rings. The number of benzene rings is 1. The van der Waals surface area contributed by atoms with Crippen molar-refractivity contribution in [3.63, 3.8) is 0 Å². The van der Waals surface area contributed by atoms with E-state index in [9.17, 15) is 18.0 Å². The van der Waals surface area contributed by atoms with Gasteiger partial charge in [0.25, 0.3) is 5.91 Å². The first-order valence-corrected chi connectivity index (χ1v) is 12.8. The molecule has 0 spiro atoms. The van der Waals surface area contributed by atoms with Crippen molar-refractivity contribution in [1.82, 2.24) is 9.97 Å². The second-order valence-electron chi connectivity index (χ2n) is 8.86. The van der Waals surface area contributed by atoms with E-state index in [0.717, 1.165) is 17.5 Å². The van der Waals surface area contributed by atoms with Crippen molar-refractivity contribution in [2.75, 3.05) is 16.3 Å². The van der Waals surface area contributed by atoms with Gasteiger partial charge in [0.2, 0.25) is 10.0 Å². The smallest absolute Gasteiger partial charge is 0.274 e. The van der Waals surface area contributed by atoms with Crippen molar-refractivity contribution in [2.24, 2.45) is 5.41 Å². The lowest BCUT2D eigenvalue weighted by Crippen LogP contribution is -2.26. The number of aromatic amines is 1. The van der Waals surface area contributed by atoms with Gasteiger partial charge in [0.05, 0.1) is 11.9 Å². The molecule has 10 heteroatoms. The Morgan fingerprint density at radius 1 is 1.19 bits per heavy atom. The summed E-state index contributed by atoms with van der Waals surface area (Å²) in [6.45, 7) is 5.88. The van der Waals surface area contributed by atoms with Gasteiger partial charge in [-0.15, -0.1) is 11.3 Å². The minimum absolute atomic E-state index is 0.0643. The Morgan fingerprint density at radius 3 is 2.53 bits per heavy atom. The highest BCUT2D eigenvalue weighted by molar-refractivity contribution is 7.92. The molecule has 0 saturated heterocycles. The highest BCUT2D eigenvalue weighted by Gasteiger charge is 2.35. The van der Waals surface area contributed by atoms with Crippen LogP contribution >= 0.6 is 11.3 Å². The van der Waals surface area contributed by atoms with Gasteiger partial charge in [0.15, 0.2) is 10.9 Å². The van der Waals surface area contributed by atoms with Gasteiger partial charge < -0.3 is 4.98 Å². The number of hydrogen-bond donors (Lipinski definition) is 3. The van der Waals surface area contributed by atoms with E-state index in [2.05, 4.69) is 20.0 Å². The van der Waals surface area contributed by atoms with Crippen LogP contribution in [0, 0.1) is 12.3 Å². The summed E-state index contributed by atoms with van der Waals surface area (Å²) in [6, 6.07) is 6.81. The van der Waals surface area contributed by atoms with Crippen LogP contribution in [0.3, 0.4) is 0 Å².